The number of nitro benzene ring substituents is 1. The number of nitro groups is 1. The van der Waals surface area contributed by atoms with Gasteiger partial charge in [0.25, 0.3) is 11.6 Å². The standard InChI is InChI=1S/C14H9F2N3O5/c15-14(16)23-11-4-2-8(6-12(11)24-14)18-13(20)7-1-3-9(17)10(5-7)19(21)22/h1-6H,17H2,(H,18,20). The molecule has 3 rings (SSSR count). The predicted octanol–water partition coefficient (Wildman–Crippen LogP) is 2.75. The van der Waals surface area contributed by atoms with Crippen molar-refractivity contribution in [1.82, 2.24) is 0 Å². The van der Waals surface area contributed by atoms with E-state index in [1.165, 1.54) is 24.3 Å². The first-order valence-corrected chi connectivity index (χ1v) is 6.50. The largest absolute Gasteiger partial charge is 0.586 e. The van der Waals surface area contributed by atoms with Crippen molar-refractivity contribution >= 4 is 23.0 Å². The Balaban J connectivity index is 1.81. The highest BCUT2D eigenvalue weighted by molar-refractivity contribution is 6.05. The highest BCUT2D eigenvalue weighted by atomic mass is 19.3. The summed E-state index contributed by atoms with van der Waals surface area (Å²) in [6.45, 7) is 0. The average Bonchev–Trinajstić information content (AvgIpc) is 2.80. The van der Waals surface area contributed by atoms with E-state index >= 15 is 0 Å². The molecule has 2 aromatic carbocycles. The van der Waals surface area contributed by atoms with Crippen molar-refractivity contribution in [2.45, 2.75) is 6.29 Å². The lowest BCUT2D eigenvalue weighted by molar-refractivity contribution is -0.383. The van der Waals surface area contributed by atoms with E-state index in [-0.39, 0.29) is 28.4 Å². The zero-order valence-corrected chi connectivity index (χ0v) is 11.8. The summed E-state index contributed by atoms with van der Waals surface area (Å²) in [6.07, 6.45) is -3.76. The van der Waals surface area contributed by atoms with Crippen LogP contribution in [0.2, 0.25) is 0 Å². The summed E-state index contributed by atoms with van der Waals surface area (Å²) in [5.41, 5.74) is 5.10. The van der Waals surface area contributed by atoms with Crippen LogP contribution in [0.4, 0.5) is 25.8 Å². The molecule has 124 valence electrons. The first-order chi connectivity index (χ1) is 11.2. The fraction of sp³-hybridized carbons (Fsp3) is 0.0714. The minimum absolute atomic E-state index is 0.0149. The molecule has 0 saturated carbocycles. The van der Waals surface area contributed by atoms with E-state index in [4.69, 9.17) is 5.73 Å². The van der Waals surface area contributed by atoms with E-state index in [9.17, 15) is 23.7 Å². The fourth-order valence-electron chi connectivity index (χ4n) is 2.07. The highest BCUT2D eigenvalue weighted by Gasteiger charge is 2.43. The molecule has 10 heteroatoms. The molecular formula is C14H9F2N3O5. The SMILES string of the molecule is Nc1ccc(C(=O)Nc2ccc3c(c2)OC(F)(F)O3)cc1[N+](=O)[O-]. The van der Waals surface area contributed by atoms with Gasteiger partial charge < -0.3 is 20.5 Å². The summed E-state index contributed by atoms with van der Waals surface area (Å²) in [4.78, 5) is 22.3. The van der Waals surface area contributed by atoms with Crippen molar-refractivity contribution in [1.29, 1.82) is 0 Å². The molecule has 1 aliphatic rings. The van der Waals surface area contributed by atoms with Crippen LogP contribution in [0.5, 0.6) is 11.5 Å². The molecule has 1 heterocycles. The van der Waals surface area contributed by atoms with Crippen LogP contribution in [-0.4, -0.2) is 17.1 Å². The number of carbonyl (C=O) groups excluding carboxylic acids is 1. The van der Waals surface area contributed by atoms with Crippen molar-refractivity contribution in [2.24, 2.45) is 0 Å². The molecule has 0 aromatic heterocycles. The molecule has 2 aromatic rings. The number of ether oxygens (including phenoxy) is 2. The Hall–Kier alpha value is -3.43. The van der Waals surface area contributed by atoms with Crippen LogP contribution in [0.25, 0.3) is 0 Å². The van der Waals surface area contributed by atoms with Gasteiger partial charge in [-0.2, -0.15) is 0 Å². The highest BCUT2D eigenvalue weighted by Crippen LogP contribution is 2.42. The lowest BCUT2D eigenvalue weighted by Crippen LogP contribution is -2.25. The van der Waals surface area contributed by atoms with E-state index < -0.39 is 22.8 Å². The Kier molecular flexibility index (Phi) is 3.44. The van der Waals surface area contributed by atoms with Gasteiger partial charge in [0.2, 0.25) is 0 Å². The molecule has 0 atom stereocenters. The number of amides is 1. The zero-order valence-electron chi connectivity index (χ0n) is 11.8. The number of nitrogens with zero attached hydrogens (tertiary/aromatic N) is 1. The Morgan fingerprint density at radius 3 is 2.58 bits per heavy atom. The first kappa shape index (κ1) is 15.5. The molecule has 0 spiro atoms. The maximum Gasteiger partial charge on any atom is 0.586 e. The summed E-state index contributed by atoms with van der Waals surface area (Å²) in [5.74, 6) is -1.08. The lowest BCUT2D eigenvalue weighted by atomic mass is 10.1. The molecule has 24 heavy (non-hydrogen) atoms. The van der Waals surface area contributed by atoms with Gasteiger partial charge in [-0.25, -0.2) is 0 Å². The van der Waals surface area contributed by atoms with Crippen molar-refractivity contribution in [3.05, 3.63) is 52.1 Å². The van der Waals surface area contributed by atoms with Crippen molar-refractivity contribution < 1.29 is 28.0 Å². The van der Waals surface area contributed by atoms with Gasteiger partial charge in [0.15, 0.2) is 11.5 Å². The second kappa shape index (κ2) is 5.33. The van der Waals surface area contributed by atoms with E-state index in [0.29, 0.717) is 0 Å². The number of nitrogen functional groups attached to an aromatic ring is 1. The van der Waals surface area contributed by atoms with E-state index in [1.54, 1.807) is 0 Å². The van der Waals surface area contributed by atoms with Gasteiger partial charge in [-0.3, -0.25) is 14.9 Å². The average molecular weight is 337 g/mol. The van der Waals surface area contributed by atoms with Gasteiger partial charge in [0.1, 0.15) is 5.69 Å². The third kappa shape index (κ3) is 2.89. The van der Waals surface area contributed by atoms with Crippen LogP contribution >= 0.6 is 0 Å². The van der Waals surface area contributed by atoms with E-state index in [2.05, 4.69) is 14.8 Å². The number of nitrogens with one attached hydrogen (secondary N) is 1. The Bertz CT molecular complexity index is 856. The number of nitrogens with two attached hydrogens (primary N) is 1. The summed E-state index contributed by atoms with van der Waals surface area (Å²) in [6, 6.07) is 7.24. The number of alkyl halides is 2. The van der Waals surface area contributed by atoms with E-state index in [1.807, 2.05) is 0 Å². The molecule has 3 N–H and O–H groups in total. The second-order valence-electron chi connectivity index (χ2n) is 4.81. The molecule has 0 bridgehead atoms. The number of hydrogen-bond acceptors (Lipinski definition) is 6. The number of carbonyl (C=O) groups is 1. The minimum atomic E-state index is -3.76. The number of halogens is 2. The van der Waals surface area contributed by atoms with Crippen LogP contribution in [0, 0.1) is 10.1 Å². The summed E-state index contributed by atoms with van der Waals surface area (Å²) in [7, 11) is 0. The molecule has 0 aliphatic carbocycles. The summed E-state index contributed by atoms with van der Waals surface area (Å²) < 4.78 is 34.4. The molecule has 1 amide bonds. The van der Waals surface area contributed by atoms with Gasteiger partial charge >= 0.3 is 6.29 Å². The van der Waals surface area contributed by atoms with Crippen LogP contribution in [0.1, 0.15) is 10.4 Å². The van der Waals surface area contributed by atoms with Gasteiger partial charge in [-0.15, -0.1) is 8.78 Å². The van der Waals surface area contributed by atoms with Gasteiger partial charge in [-0.05, 0) is 24.3 Å². The Morgan fingerprint density at radius 1 is 1.17 bits per heavy atom. The molecule has 0 radical (unpaired) electrons. The number of hydrogen-bond donors (Lipinski definition) is 2. The maximum atomic E-state index is 12.9. The molecular weight excluding hydrogens is 328 g/mol. The summed E-state index contributed by atoms with van der Waals surface area (Å²) in [5, 5.41) is 13.3. The number of rotatable bonds is 3. The quantitative estimate of drug-likeness (QED) is 0.505. The maximum absolute atomic E-state index is 12.9. The monoisotopic (exact) mass is 337 g/mol. The molecule has 8 nitrogen and oxygen atoms in total. The number of benzene rings is 2. The third-order valence-electron chi connectivity index (χ3n) is 3.15. The fourth-order valence-corrected chi connectivity index (χ4v) is 2.07. The van der Waals surface area contributed by atoms with Crippen LogP contribution in [-0.2, 0) is 0 Å². The molecule has 0 saturated heterocycles. The second-order valence-corrected chi connectivity index (χ2v) is 4.81. The first-order valence-electron chi connectivity index (χ1n) is 6.50. The van der Waals surface area contributed by atoms with Crippen molar-refractivity contribution in [3.63, 3.8) is 0 Å². The topological polar surface area (TPSA) is 117 Å². The molecule has 0 unspecified atom stereocenters. The smallest absolute Gasteiger partial charge is 0.395 e. The number of fused-ring (bicyclic) bond motifs is 1. The van der Waals surface area contributed by atoms with Crippen molar-refractivity contribution in [2.75, 3.05) is 11.1 Å². The van der Waals surface area contributed by atoms with E-state index in [0.717, 1.165) is 12.1 Å². The van der Waals surface area contributed by atoms with Gasteiger partial charge in [0.05, 0.1) is 4.92 Å². The molecule has 1 aliphatic heterocycles. The van der Waals surface area contributed by atoms with Gasteiger partial charge in [0, 0.05) is 23.4 Å². The Morgan fingerprint density at radius 2 is 1.88 bits per heavy atom. The minimum Gasteiger partial charge on any atom is -0.395 e. The van der Waals surface area contributed by atoms with Crippen molar-refractivity contribution in [3.8, 4) is 11.5 Å². The predicted molar refractivity (Wildman–Crippen MR) is 78.1 cm³/mol. The third-order valence-corrected chi connectivity index (χ3v) is 3.15. The summed E-state index contributed by atoms with van der Waals surface area (Å²) >= 11 is 0. The Labute approximate surface area is 132 Å². The van der Waals surface area contributed by atoms with Crippen LogP contribution in [0.15, 0.2) is 36.4 Å². The molecule has 0 fully saturated rings. The number of anilines is 2. The van der Waals surface area contributed by atoms with Crippen LogP contribution in [0.3, 0.4) is 0 Å². The lowest BCUT2D eigenvalue weighted by Gasteiger charge is -2.07. The van der Waals surface area contributed by atoms with Crippen LogP contribution < -0.4 is 20.5 Å². The van der Waals surface area contributed by atoms with Gasteiger partial charge in [-0.1, -0.05) is 0 Å². The normalized spacial score (nSPS) is 14.2. The zero-order chi connectivity index (χ0) is 17.5.